The molecule has 15 heteroatoms. The van der Waals surface area contributed by atoms with Crippen molar-refractivity contribution in [2.24, 2.45) is 0 Å². The Bertz CT molecular complexity index is 1340. The molecular weight excluding hydrogens is 559 g/mol. The molecule has 0 saturated carbocycles. The number of nitrogens with one attached hydrogen (secondary N) is 3. The van der Waals surface area contributed by atoms with Gasteiger partial charge in [-0.3, -0.25) is 4.79 Å². The van der Waals surface area contributed by atoms with Crippen LogP contribution in [-0.2, 0) is 11.3 Å². The average Bonchev–Trinajstić information content (AvgIpc) is 2.96. The number of ether oxygens (including phenoxy) is 3. The normalized spacial score (nSPS) is 14.7. The van der Waals surface area contributed by atoms with Crippen molar-refractivity contribution in [1.29, 1.82) is 0 Å². The Morgan fingerprint density at radius 1 is 1.00 bits per heavy atom. The van der Waals surface area contributed by atoms with E-state index in [1.165, 1.54) is 4.90 Å². The van der Waals surface area contributed by atoms with Crippen LogP contribution in [0.4, 0.5) is 35.5 Å². The van der Waals surface area contributed by atoms with Gasteiger partial charge in [0.1, 0.15) is 5.75 Å². The number of alkyl halides is 3. The number of anilines is 3. The van der Waals surface area contributed by atoms with E-state index in [1.807, 2.05) is 12.1 Å². The van der Waals surface area contributed by atoms with Crippen molar-refractivity contribution in [2.75, 3.05) is 50.1 Å². The van der Waals surface area contributed by atoms with Crippen LogP contribution >= 0.6 is 0 Å². The molecule has 0 atom stereocenters. The number of amides is 2. The molecule has 0 fully saturated rings. The van der Waals surface area contributed by atoms with Gasteiger partial charge in [0.25, 0.3) is 5.91 Å². The van der Waals surface area contributed by atoms with Crippen LogP contribution in [-0.4, -0.2) is 77.5 Å². The molecule has 2 aromatic carbocycles. The zero-order chi connectivity index (χ0) is 30.0. The molecule has 42 heavy (non-hydrogen) atoms. The van der Waals surface area contributed by atoms with Crippen molar-refractivity contribution in [3.05, 3.63) is 59.7 Å². The summed E-state index contributed by atoms with van der Waals surface area (Å²) >= 11 is 0. The monoisotopic (exact) mass is 589 g/mol. The predicted molar refractivity (Wildman–Crippen MR) is 146 cm³/mol. The summed E-state index contributed by atoms with van der Waals surface area (Å²) in [5, 5.41) is 8.63. The second-order valence-corrected chi connectivity index (χ2v) is 9.01. The summed E-state index contributed by atoms with van der Waals surface area (Å²) in [5.74, 6) is 0.185. The minimum atomic E-state index is -4.58. The number of carbonyl (C=O) groups is 2. The van der Waals surface area contributed by atoms with E-state index in [2.05, 4.69) is 30.9 Å². The molecule has 7 rings (SSSR count). The van der Waals surface area contributed by atoms with Crippen LogP contribution in [0.2, 0.25) is 0 Å². The van der Waals surface area contributed by atoms with Gasteiger partial charge < -0.3 is 35.1 Å². The first-order valence-corrected chi connectivity index (χ1v) is 13.2. The molecule has 4 aliphatic heterocycles. The molecular formula is C27H30F3N7O5. The summed E-state index contributed by atoms with van der Waals surface area (Å²) in [7, 11) is 0. The number of hydrogen-bond acceptors (Lipinski definition) is 10. The molecule has 0 aliphatic carbocycles. The lowest BCUT2D eigenvalue weighted by Gasteiger charge is -2.22. The first-order chi connectivity index (χ1) is 20.2. The molecule has 0 unspecified atom stereocenters. The Labute approximate surface area is 239 Å². The van der Waals surface area contributed by atoms with Gasteiger partial charge in [-0.25, -0.2) is 4.79 Å². The standard InChI is InChI=1S/C27H30F3N7O5/c1-2-40-26(39)37-13-3-15-41-21-10-4-18(5-11-21)16-32-23-34-24(36-25(35-23)42-17-27(28,29)30)33-20-8-6-19(7-9-20)22(38)31-12-14-37/h4-11H,2-3,12-17H2,1H3,(H,31,38)(H2,32,33,34,35,36). The number of aromatic nitrogens is 3. The van der Waals surface area contributed by atoms with Crippen LogP contribution in [0.15, 0.2) is 48.5 Å². The molecule has 3 aromatic rings. The smallest absolute Gasteiger partial charge is 0.422 e. The third-order valence-corrected chi connectivity index (χ3v) is 5.79. The van der Waals surface area contributed by atoms with E-state index in [4.69, 9.17) is 14.2 Å². The molecule has 6 bridgehead atoms. The highest BCUT2D eigenvalue weighted by molar-refractivity contribution is 5.94. The summed E-state index contributed by atoms with van der Waals surface area (Å²) in [5.41, 5.74) is 1.65. The van der Waals surface area contributed by atoms with Crippen molar-refractivity contribution in [3.8, 4) is 11.8 Å². The minimum Gasteiger partial charge on any atom is -0.494 e. The summed E-state index contributed by atoms with van der Waals surface area (Å²) in [6.45, 7) is 1.78. The maximum atomic E-state index is 12.7. The molecule has 3 N–H and O–H groups in total. The summed E-state index contributed by atoms with van der Waals surface area (Å²) in [6.07, 6.45) is -4.52. The molecule has 224 valence electrons. The summed E-state index contributed by atoms with van der Waals surface area (Å²) in [6, 6.07) is 12.9. The first-order valence-electron chi connectivity index (χ1n) is 13.2. The molecule has 12 nitrogen and oxygen atoms in total. The van der Waals surface area contributed by atoms with E-state index in [0.29, 0.717) is 36.6 Å². The number of halogens is 3. The minimum absolute atomic E-state index is 0.00876. The molecule has 5 heterocycles. The molecule has 0 saturated heterocycles. The average molecular weight is 590 g/mol. The lowest BCUT2D eigenvalue weighted by molar-refractivity contribution is -0.154. The zero-order valence-corrected chi connectivity index (χ0v) is 22.7. The number of nitrogens with zero attached hydrogens (tertiary/aromatic N) is 4. The lowest BCUT2D eigenvalue weighted by atomic mass is 10.2. The second kappa shape index (κ2) is 14.2. The van der Waals surface area contributed by atoms with Crippen LogP contribution in [0.5, 0.6) is 11.8 Å². The SMILES string of the molecule is CCOC(=O)N1CCCOc2ccc(cc2)CNc2nc(nc(OCC(F)(F)F)n2)Nc2ccc(cc2)C(=O)NCC1. The number of rotatable bonds is 3. The Hall–Kier alpha value is -4.82. The van der Waals surface area contributed by atoms with Crippen molar-refractivity contribution in [2.45, 2.75) is 26.1 Å². The Morgan fingerprint density at radius 2 is 1.74 bits per heavy atom. The van der Waals surface area contributed by atoms with Crippen molar-refractivity contribution >= 4 is 29.6 Å². The van der Waals surface area contributed by atoms with Crippen molar-refractivity contribution < 1.29 is 37.0 Å². The molecule has 2 amide bonds. The van der Waals surface area contributed by atoms with Gasteiger partial charge in [0, 0.05) is 37.4 Å². The highest BCUT2D eigenvalue weighted by atomic mass is 19.4. The summed E-state index contributed by atoms with van der Waals surface area (Å²) < 4.78 is 53.9. The molecule has 0 spiro atoms. The fourth-order valence-electron chi connectivity index (χ4n) is 3.78. The predicted octanol–water partition coefficient (Wildman–Crippen LogP) is 4.14. The van der Waals surface area contributed by atoms with Gasteiger partial charge in [-0.05, 0) is 55.3 Å². The van der Waals surface area contributed by atoms with Crippen LogP contribution in [0.1, 0.15) is 29.3 Å². The fourth-order valence-corrected chi connectivity index (χ4v) is 3.78. The second-order valence-electron chi connectivity index (χ2n) is 9.01. The molecule has 1 aromatic heterocycles. The Kier molecular flexibility index (Phi) is 10.2. The van der Waals surface area contributed by atoms with Gasteiger partial charge in [-0.2, -0.15) is 28.1 Å². The largest absolute Gasteiger partial charge is 0.494 e. The van der Waals surface area contributed by atoms with E-state index in [9.17, 15) is 22.8 Å². The van der Waals surface area contributed by atoms with E-state index < -0.39 is 24.9 Å². The molecule has 4 aliphatic rings. The highest BCUT2D eigenvalue weighted by Crippen LogP contribution is 2.21. The third kappa shape index (κ3) is 9.38. The van der Waals surface area contributed by atoms with E-state index in [1.54, 1.807) is 43.3 Å². The number of benzene rings is 2. The van der Waals surface area contributed by atoms with Gasteiger partial charge in [-0.1, -0.05) is 12.1 Å². The maximum absolute atomic E-state index is 12.7. The van der Waals surface area contributed by atoms with Gasteiger partial charge >= 0.3 is 18.3 Å². The van der Waals surface area contributed by atoms with Gasteiger partial charge in [-0.15, -0.1) is 0 Å². The van der Waals surface area contributed by atoms with E-state index in [0.717, 1.165) is 5.56 Å². The molecule has 0 radical (unpaired) electrons. The zero-order valence-electron chi connectivity index (χ0n) is 22.7. The highest BCUT2D eigenvalue weighted by Gasteiger charge is 2.29. The van der Waals surface area contributed by atoms with Crippen LogP contribution in [0, 0.1) is 0 Å². The third-order valence-electron chi connectivity index (χ3n) is 5.79. The first kappa shape index (κ1) is 30.1. The van der Waals surface area contributed by atoms with Crippen LogP contribution < -0.4 is 25.4 Å². The van der Waals surface area contributed by atoms with Crippen LogP contribution in [0.3, 0.4) is 0 Å². The maximum Gasteiger partial charge on any atom is 0.422 e. The van der Waals surface area contributed by atoms with Gasteiger partial charge in [0.15, 0.2) is 6.61 Å². The van der Waals surface area contributed by atoms with E-state index in [-0.39, 0.29) is 44.0 Å². The Morgan fingerprint density at radius 3 is 2.45 bits per heavy atom. The van der Waals surface area contributed by atoms with E-state index >= 15 is 0 Å². The lowest BCUT2D eigenvalue weighted by Crippen LogP contribution is -2.39. The quantitative estimate of drug-likeness (QED) is 0.408. The number of hydrogen-bond donors (Lipinski definition) is 3. The van der Waals surface area contributed by atoms with Crippen molar-refractivity contribution in [3.63, 3.8) is 0 Å². The Balaban J connectivity index is 1.55. The van der Waals surface area contributed by atoms with Gasteiger partial charge in [0.05, 0.1) is 13.2 Å². The van der Waals surface area contributed by atoms with Crippen LogP contribution in [0.25, 0.3) is 0 Å². The summed E-state index contributed by atoms with van der Waals surface area (Å²) in [4.78, 5) is 38.7. The topological polar surface area (TPSA) is 140 Å². The van der Waals surface area contributed by atoms with Crippen molar-refractivity contribution in [1.82, 2.24) is 25.2 Å². The van der Waals surface area contributed by atoms with Gasteiger partial charge in [0.2, 0.25) is 11.9 Å². The number of carbonyl (C=O) groups excluding carboxylic acids is 2. The fraction of sp³-hybridized carbons (Fsp3) is 0.370.